The van der Waals surface area contributed by atoms with Crippen LogP contribution in [0.2, 0.25) is 0 Å². The molecule has 2 N–H and O–H groups in total. The predicted octanol–water partition coefficient (Wildman–Crippen LogP) is 2.95. The summed E-state index contributed by atoms with van der Waals surface area (Å²) in [5, 5.41) is 17.4. The van der Waals surface area contributed by atoms with E-state index in [1.54, 1.807) is 17.3 Å². The van der Waals surface area contributed by atoms with Crippen molar-refractivity contribution in [2.75, 3.05) is 6.54 Å². The Balaban J connectivity index is 1.63. The number of nitriles is 1. The number of benzene rings is 1. The van der Waals surface area contributed by atoms with Gasteiger partial charge in [-0.15, -0.1) is 0 Å². The lowest BCUT2D eigenvalue weighted by molar-refractivity contribution is -0.145. The first-order chi connectivity index (χ1) is 16.4. The van der Waals surface area contributed by atoms with Gasteiger partial charge in [0.1, 0.15) is 18.1 Å². The Labute approximate surface area is 206 Å². The van der Waals surface area contributed by atoms with Crippen molar-refractivity contribution in [2.45, 2.75) is 59.7 Å². The van der Waals surface area contributed by atoms with Gasteiger partial charge in [-0.1, -0.05) is 58.9 Å². The van der Waals surface area contributed by atoms with E-state index in [9.17, 15) is 19.6 Å². The van der Waals surface area contributed by atoms with Gasteiger partial charge in [0, 0.05) is 36.8 Å². The predicted molar refractivity (Wildman–Crippen MR) is 132 cm³/mol. The van der Waals surface area contributed by atoms with E-state index in [1.807, 2.05) is 45.0 Å². The molecule has 1 aliphatic heterocycles. The second kappa shape index (κ2) is 8.63. The number of nitrogens with zero attached hydrogens (tertiary/aromatic N) is 3. The standard InChI is InChI=1S/C27H33N5O3/c1-15(33)30-23(26(2,3)4)25(35)32-14-19-21(27(19,5)6)22(32)24(34)31-20(11-28)18-13-29-12-16-9-7-8-10-17(16)18/h7-10,12-13,19-23H,14H2,1-6H3,(H,30,33)(H,31,34)/t19-,20-,21-,22-,23+/m0/s1. The Bertz CT molecular complexity index is 1220. The first-order valence-corrected chi connectivity index (χ1v) is 12.0. The second-order valence-electron chi connectivity index (χ2n) is 11.4. The van der Waals surface area contributed by atoms with Gasteiger partial charge in [-0.25, -0.2) is 0 Å². The summed E-state index contributed by atoms with van der Waals surface area (Å²) in [6, 6.07) is 7.40. The van der Waals surface area contributed by atoms with Crippen molar-refractivity contribution in [1.82, 2.24) is 20.5 Å². The summed E-state index contributed by atoms with van der Waals surface area (Å²) in [5.74, 6) is -0.728. The van der Waals surface area contributed by atoms with Gasteiger partial charge in [0.25, 0.3) is 0 Å². The highest BCUT2D eigenvalue weighted by Crippen LogP contribution is 2.65. The Kier molecular flexibility index (Phi) is 6.08. The molecule has 1 aliphatic carbocycles. The van der Waals surface area contributed by atoms with Crippen LogP contribution < -0.4 is 10.6 Å². The second-order valence-corrected chi connectivity index (χ2v) is 11.4. The minimum absolute atomic E-state index is 0.00520. The summed E-state index contributed by atoms with van der Waals surface area (Å²) >= 11 is 0. The zero-order valence-corrected chi connectivity index (χ0v) is 21.1. The molecule has 35 heavy (non-hydrogen) atoms. The average molecular weight is 476 g/mol. The highest BCUT2D eigenvalue weighted by molar-refractivity contribution is 5.94. The molecule has 4 rings (SSSR count). The van der Waals surface area contributed by atoms with Crippen molar-refractivity contribution in [3.05, 3.63) is 42.2 Å². The zero-order valence-electron chi connectivity index (χ0n) is 21.1. The van der Waals surface area contributed by atoms with Crippen molar-refractivity contribution in [2.24, 2.45) is 22.7 Å². The fraction of sp³-hybridized carbons (Fsp3) is 0.519. The van der Waals surface area contributed by atoms with Crippen molar-refractivity contribution in [3.63, 3.8) is 0 Å². The van der Waals surface area contributed by atoms with Gasteiger partial charge in [-0.2, -0.15) is 5.26 Å². The Morgan fingerprint density at radius 2 is 1.86 bits per heavy atom. The van der Waals surface area contributed by atoms with E-state index in [4.69, 9.17) is 0 Å². The highest BCUT2D eigenvalue weighted by atomic mass is 16.2. The lowest BCUT2D eigenvalue weighted by Crippen LogP contribution is -2.59. The van der Waals surface area contributed by atoms with Gasteiger partial charge in [0.2, 0.25) is 17.7 Å². The minimum Gasteiger partial charge on any atom is -0.344 e. The first-order valence-electron chi connectivity index (χ1n) is 12.0. The van der Waals surface area contributed by atoms with E-state index in [0.29, 0.717) is 12.1 Å². The van der Waals surface area contributed by atoms with Crippen LogP contribution >= 0.6 is 0 Å². The average Bonchev–Trinajstić information content (AvgIpc) is 3.12. The number of likely N-dealkylation sites (tertiary alicyclic amines) is 1. The van der Waals surface area contributed by atoms with E-state index < -0.39 is 23.5 Å². The number of rotatable bonds is 5. The maximum absolute atomic E-state index is 13.7. The molecule has 2 fully saturated rings. The van der Waals surface area contributed by atoms with Gasteiger partial charge >= 0.3 is 0 Å². The van der Waals surface area contributed by atoms with Gasteiger partial charge in [-0.3, -0.25) is 19.4 Å². The maximum Gasteiger partial charge on any atom is 0.246 e. The van der Waals surface area contributed by atoms with E-state index in [2.05, 4.69) is 35.5 Å². The molecule has 2 heterocycles. The van der Waals surface area contributed by atoms with Crippen LogP contribution in [0.1, 0.15) is 53.1 Å². The van der Waals surface area contributed by atoms with Gasteiger partial charge in [0.15, 0.2) is 0 Å². The summed E-state index contributed by atoms with van der Waals surface area (Å²) in [5.41, 5.74) is 0.00973. The fourth-order valence-electron chi connectivity index (χ4n) is 5.61. The van der Waals surface area contributed by atoms with E-state index in [-0.39, 0.29) is 35.0 Å². The molecule has 3 amide bonds. The van der Waals surface area contributed by atoms with Crippen LogP contribution in [0.3, 0.4) is 0 Å². The third-order valence-electron chi connectivity index (χ3n) is 7.65. The molecule has 0 spiro atoms. The molecular formula is C27H33N5O3. The number of hydrogen-bond acceptors (Lipinski definition) is 5. The molecule has 1 aromatic heterocycles. The maximum atomic E-state index is 13.7. The topological polar surface area (TPSA) is 115 Å². The van der Waals surface area contributed by atoms with Crippen LogP contribution in [0.5, 0.6) is 0 Å². The lowest BCUT2D eigenvalue weighted by Gasteiger charge is -2.37. The third-order valence-corrected chi connectivity index (χ3v) is 7.65. The van der Waals surface area contributed by atoms with Crippen molar-refractivity contribution in [3.8, 4) is 6.07 Å². The molecule has 2 aliphatic rings. The van der Waals surface area contributed by atoms with Gasteiger partial charge < -0.3 is 15.5 Å². The molecule has 8 nitrogen and oxygen atoms in total. The highest BCUT2D eigenvalue weighted by Gasteiger charge is 2.69. The Morgan fingerprint density at radius 3 is 2.49 bits per heavy atom. The first kappa shape index (κ1) is 24.6. The summed E-state index contributed by atoms with van der Waals surface area (Å²) < 4.78 is 0. The summed E-state index contributed by atoms with van der Waals surface area (Å²) in [6.45, 7) is 11.7. The molecule has 0 radical (unpaired) electrons. The van der Waals surface area contributed by atoms with E-state index in [1.165, 1.54) is 6.92 Å². The van der Waals surface area contributed by atoms with Gasteiger partial charge in [-0.05, 0) is 28.1 Å². The molecule has 5 atom stereocenters. The molecule has 184 valence electrons. The Hall–Kier alpha value is -3.47. The molecule has 1 saturated carbocycles. The van der Waals surface area contributed by atoms with Crippen LogP contribution in [-0.2, 0) is 14.4 Å². The van der Waals surface area contributed by atoms with E-state index in [0.717, 1.165) is 10.8 Å². The van der Waals surface area contributed by atoms with E-state index >= 15 is 0 Å². The molecule has 8 heteroatoms. The van der Waals surface area contributed by atoms with Crippen LogP contribution in [-0.4, -0.2) is 46.2 Å². The number of hydrogen-bond donors (Lipinski definition) is 2. The number of aromatic nitrogens is 1. The molecule has 1 aromatic carbocycles. The van der Waals surface area contributed by atoms with Gasteiger partial charge in [0.05, 0.1) is 6.07 Å². The summed E-state index contributed by atoms with van der Waals surface area (Å²) in [4.78, 5) is 45.1. The summed E-state index contributed by atoms with van der Waals surface area (Å²) in [7, 11) is 0. The smallest absolute Gasteiger partial charge is 0.246 e. The zero-order chi connectivity index (χ0) is 25.7. The normalized spacial score (nSPS) is 24.1. The van der Waals surface area contributed by atoms with Crippen molar-refractivity contribution < 1.29 is 14.4 Å². The molecule has 0 unspecified atom stereocenters. The minimum atomic E-state index is -0.910. The molecule has 2 aromatic rings. The number of carbonyl (C=O) groups excluding carboxylic acids is 3. The number of amides is 3. The number of fused-ring (bicyclic) bond motifs is 2. The molecule has 0 bridgehead atoms. The summed E-state index contributed by atoms with van der Waals surface area (Å²) in [6.07, 6.45) is 3.32. The van der Waals surface area contributed by atoms with Crippen LogP contribution in [0.4, 0.5) is 0 Å². The molecular weight excluding hydrogens is 442 g/mol. The monoisotopic (exact) mass is 475 g/mol. The Morgan fingerprint density at radius 1 is 1.17 bits per heavy atom. The van der Waals surface area contributed by atoms with Crippen LogP contribution in [0, 0.1) is 34.0 Å². The quantitative estimate of drug-likeness (QED) is 0.690. The number of nitrogens with one attached hydrogen (secondary N) is 2. The van der Waals surface area contributed by atoms with Crippen LogP contribution in [0.15, 0.2) is 36.7 Å². The SMILES string of the molecule is CC(=O)N[C@H](C(=O)N1C[C@H]2[C@@H]([C@H]1C(=O)N[C@@H](C#N)c1cncc3ccccc13)C2(C)C)C(C)(C)C. The lowest BCUT2D eigenvalue weighted by atomic mass is 9.85. The number of carbonyl (C=O) groups is 3. The fourth-order valence-corrected chi connectivity index (χ4v) is 5.61. The third kappa shape index (κ3) is 4.36. The molecule has 1 saturated heterocycles. The van der Waals surface area contributed by atoms with Crippen molar-refractivity contribution in [1.29, 1.82) is 5.26 Å². The number of piperidine rings is 1. The van der Waals surface area contributed by atoms with Crippen molar-refractivity contribution >= 4 is 28.5 Å². The van der Waals surface area contributed by atoms with Crippen LogP contribution in [0.25, 0.3) is 10.8 Å². The largest absolute Gasteiger partial charge is 0.344 e. The number of pyridine rings is 1.